The van der Waals surface area contributed by atoms with E-state index in [0.717, 1.165) is 0 Å². The number of thioether (sulfide) groups is 1. The number of nitrogens with zero attached hydrogens (tertiary/aromatic N) is 4. The Hall–Kier alpha value is -2.28. The van der Waals surface area contributed by atoms with E-state index in [0.29, 0.717) is 23.0 Å². The van der Waals surface area contributed by atoms with Gasteiger partial charge < -0.3 is 5.11 Å². The fourth-order valence-corrected chi connectivity index (χ4v) is 3.06. The van der Waals surface area contributed by atoms with Crippen LogP contribution in [0.4, 0.5) is 26.3 Å². The zero-order valence-electron chi connectivity index (χ0n) is 12.8. The van der Waals surface area contributed by atoms with E-state index in [1.807, 2.05) is 0 Å². The highest BCUT2D eigenvalue weighted by molar-refractivity contribution is 8.00. The Morgan fingerprint density at radius 3 is 2.04 bits per heavy atom. The van der Waals surface area contributed by atoms with Crippen LogP contribution >= 0.6 is 35.0 Å². The Labute approximate surface area is 165 Å². The van der Waals surface area contributed by atoms with Crippen LogP contribution in [0.2, 0.25) is 10.0 Å². The number of aromatic nitrogens is 2. The summed E-state index contributed by atoms with van der Waals surface area (Å²) in [6, 6.07) is 1.00. The molecule has 0 unspecified atom stereocenters. The molecule has 0 saturated carbocycles. The van der Waals surface area contributed by atoms with Crippen LogP contribution in [0.5, 0.6) is 0 Å². The Balaban J connectivity index is 0.00000122. The zero-order chi connectivity index (χ0) is 21.9. The predicted molar refractivity (Wildman–Crippen MR) is 86.9 cm³/mol. The van der Waals surface area contributed by atoms with Crippen molar-refractivity contribution in [2.24, 2.45) is 0 Å². The summed E-state index contributed by atoms with van der Waals surface area (Å²) in [6.45, 7) is 0. The maximum absolute atomic E-state index is 12.7. The minimum absolute atomic E-state index is 0.382. The van der Waals surface area contributed by atoms with Gasteiger partial charge in [-0.15, -0.1) is 5.53 Å². The normalized spacial score (nSPS) is 11.4. The molecule has 0 amide bonds. The first-order valence-corrected chi connectivity index (χ1v) is 7.94. The van der Waals surface area contributed by atoms with Crippen molar-refractivity contribution in [3.8, 4) is 5.69 Å². The fraction of sp³-hybridized carbons (Fsp3) is 0.167. The molecule has 0 fully saturated rings. The topological polar surface area (TPSA) is 115 Å². The number of hydrogen-bond acceptors (Lipinski definition) is 4. The monoisotopic (exact) mass is 467 g/mol. The summed E-state index contributed by atoms with van der Waals surface area (Å²) in [6.07, 6.45) is -4.08. The van der Waals surface area contributed by atoms with Gasteiger partial charge >= 0.3 is 17.7 Å². The molecule has 152 valence electrons. The van der Waals surface area contributed by atoms with Gasteiger partial charge in [0, 0.05) is 6.20 Å². The highest BCUT2D eigenvalue weighted by Crippen LogP contribution is 2.41. The Bertz CT molecular complexity index is 901. The van der Waals surface area contributed by atoms with Gasteiger partial charge in [-0.1, -0.05) is 23.2 Å². The van der Waals surface area contributed by atoms with Crippen LogP contribution in [0.25, 0.3) is 16.1 Å². The minimum Gasteiger partial charge on any atom is -0.476 e. The quantitative estimate of drug-likeness (QED) is 0.179. The summed E-state index contributed by atoms with van der Waals surface area (Å²) in [7, 11) is 0. The first-order valence-electron chi connectivity index (χ1n) is 6.37. The lowest BCUT2D eigenvalue weighted by molar-refractivity contribution is -0.137. The van der Waals surface area contributed by atoms with Crippen molar-refractivity contribution in [1.82, 2.24) is 9.78 Å². The maximum atomic E-state index is 12.7. The lowest BCUT2D eigenvalue weighted by Gasteiger charge is -2.12. The molecule has 16 heteroatoms. The van der Waals surface area contributed by atoms with Gasteiger partial charge in [-0.3, -0.25) is 0 Å². The number of carbonyl (C=O) groups is 1. The molecule has 2 rings (SSSR count). The average Bonchev–Trinajstić information content (AvgIpc) is 2.87. The molecular formula is C12H5Cl2F6N5O2S. The number of benzene rings is 1. The van der Waals surface area contributed by atoms with Gasteiger partial charge in [0.2, 0.25) is 0 Å². The molecule has 0 aliphatic rings. The van der Waals surface area contributed by atoms with E-state index in [1.165, 1.54) is 0 Å². The van der Waals surface area contributed by atoms with Crippen molar-refractivity contribution < 1.29 is 36.2 Å². The smallest absolute Gasteiger partial charge is 0.446 e. The molecule has 0 spiro atoms. The molecule has 0 aliphatic carbocycles. The van der Waals surface area contributed by atoms with Crippen molar-refractivity contribution in [3.63, 3.8) is 0 Å². The molecule has 0 saturated heterocycles. The largest absolute Gasteiger partial charge is 0.476 e. The van der Waals surface area contributed by atoms with Crippen LogP contribution in [0.1, 0.15) is 16.1 Å². The summed E-state index contributed by atoms with van der Waals surface area (Å²) in [4.78, 5) is 12.0. The van der Waals surface area contributed by atoms with Crippen molar-refractivity contribution in [2.45, 2.75) is 16.6 Å². The van der Waals surface area contributed by atoms with E-state index >= 15 is 0 Å². The number of halogens is 8. The van der Waals surface area contributed by atoms with E-state index < -0.39 is 55.6 Å². The second-order valence-electron chi connectivity index (χ2n) is 4.53. The van der Waals surface area contributed by atoms with E-state index in [2.05, 4.69) is 5.10 Å². The van der Waals surface area contributed by atoms with Gasteiger partial charge in [-0.2, -0.15) is 31.4 Å². The fourth-order valence-electron chi connectivity index (χ4n) is 1.77. The van der Waals surface area contributed by atoms with E-state index in [1.54, 1.807) is 4.91 Å². The minimum atomic E-state index is -4.80. The number of aromatic carboxylic acids is 1. The van der Waals surface area contributed by atoms with Crippen LogP contribution in [0.3, 0.4) is 0 Å². The van der Waals surface area contributed by atoms with Crippen molar-refractivity contribution in [1.29, 1.82) is 5.53 Å². The lowest BCUT2D eigenvalue weighted by Crippen LogP contribution is -2.07. The highest BCUT2D eigenvalue weighted by atomic mass is 35.5. The molecule has 1 aromatic carbocycles. The van der Waals surface area contributed by atoms with E-state index in [9.17, 15) is 31.1 Å². The van der Waals surface area contributed by atoms with Gasteiger partial charge in [-0.05, 0) is 34.3 Å². The standard InChI is InChI=1S/C12H4Cl2F6N2O2S.HN3/c13-5-1-4(11(15,16)17)2-6(14)9(5)22-3-7(25-12(18,19)20)8(21-22)10(23)24;1-3-2/h1-3H,(H,23,24);1H. The highest BCUT2D eigenvalue weighted by Gasteiger charge is 2.35. The van der Waals surface area contributed by atoms with Crippen molar-refractivity contribution >= 4 is 40.9 Å². The second kappa shape index (κ2) is 8.82. The summed E-state index contributed by atoms with van der Waals surface area (Å²) in [5, 5.41) is 11.2. The molecular weight excluding hydrogens is 463 g/mol. The number of hydrogen-bond donors (Lipinski definition) is 2. The first kappa shape index (κ1) is 23.8. The zero-order valence-corrected chi connectivity index (χ0v) is 15.1. The van der Waals surface area contributed by atoms with E-state index in [-0.39, 0.29) is 5.69 Å². The number of rotatable bonds is 3. The molecule has 1 heterocycles. The van der Waals surface area contributed by atoms with E-state index in [4.69, 9.17) is 39.4 Å². The van der Waals surface area contributed by atoms with Crippen LogP contribution in [0, 0.1) is 5.53 Å². The summed E-state index contributed by atoms with van der Waals surface area (Å²) in [5.74, 6) is -1.76. The molecule has 0 bridgehead atoms. The Morgan fingerprint density at radius 1 is 1.21 bits per heavy atom. The van der Waals surface area contributed by atoms with Crippen LogP contribution in [-0.2, 0) is 6.18 Å². The molecule has 0 radical (unpaired) electrons. The molecule has 0 aliphatic heterocycles. The van der Waals surface area contributed by atoms with Crippen LogP contribution in [0.15, 0.2) is 23.2 Å². The van der Waals surface area contributed by atoms with Crippen LogP contribution in [-0.4, -0.2) is 26.4 Å². The van der Waals surface area contributed by atoms with Gasteiger partial charge in [0.1, 0.15) is 5.69 Å². The Kier molecular flexibility index (Phi) is 7.48. The third-order valence-corrected chi connectivity index (χ3v) is 4.01. The number of carboxylic acids is 1. The molecule has 1 aromatic heterocycles. The number of carboxylic acid groups (broad SMARTS) is 1. The van der Waals surface area contributed by atoms with Crippen molar-refractivity contribution in [2.75, 3.05) is 0 Å². The van der Waals surface area contributed by atoms with Crippen molar-refractivity contribution in [3.05, 3.63) is 50.1 Å². The summed E-state index contributed by atoms with van der Waals surface area (Å²) < 4.78 is 76.2. The molecule has 0 atom stereocenters. The molecule has 7 nitrogen and oxygen atoms in total. The summed E-state index contributed by atoms with van der Waals surface area (Å²) in [5.41, 5.74) is 4.94. The van der Waals surface area contributed by atoms with Gasteiger partial charge in [-0.25, -0.2) is 9.48 Å². The third kappa shape index (κ3) is 6.12. The number of alkyl halides is 6. The first-order chi connectivity index (χ1) is 12.7. The Morgan fingerprint density at radius 2 is 1.68 bits per heavy atom. The number of nitrogens with one attached hydrogen (secondary N) is 1. The average molecular weight is 468 g/mol. The SMILES string of the molecule is O=C(O)c1nn(-c2c(Cl)cc(C(F)(F)F)cc2Cl)cc1SC(F)(F)F.[N-]=[N+]=N. The third-order valence-electron chi connectivity index (χ3n) is 2.68. The predicted octanol–water partition coefficient (Wildman–Crippen LogP) is 6.38. The molecule has 2 aromatic rings. The maximum Gasteiger partial charge on any atom is 0.446 e. The van der Waals surface area contributed by atoms with Gasteiger partial charge in [0.25, 0.3) is 0 Å². The molecule has 28 heavy (non-hydrogen) atoms. The second-order valence-corrected chi connectivity index (χ2v) is 6.45. The summed E-state index contributed by atoms with van der Waals surface area (Å²) >= 11 is 10.7. The van der Waals surface area contributed by atoms with Gasteiger partial charge in [0.05, 0.1) is 20.5 Å². The lowest BCUT2D eigenvalue weighted by atomic mass is 10.2. The molecule has 2 N–H and O–H groups in total. The van der Waals surface area contributed by atoms with Crippen LogP contribution < -0.4 is 0 Å². The van der Waals surface area contributed by atoms with Gasteiger partial charge in [0.15, 0.2) is 5.69 Å².